The third kappa shape index (κ3) is 4.44. The Morgan fingerprint density at radius 2 is 1.00 bits per heavy atom. The van der Waals surface area contributed by atoms with Crippen LogP contribution in [0.4, 0.5) is 17.1 Å². The Hall–Kier alpha value is -6.58. The van der Waals surface area contributed by atoms with Crippen LogP contribution < -0.4 is 4.90 Å². The Kier molecular flexibility index (Phi) is 6.18. The molecule has 0 fully saturated rings. The van der Waals surface area contributed by atoms with Gasteiger partial charge in [0, 0.05) is 32.9 Å². The second kappa shape index (κ2) is 11.0. The Morgan fingerprint density at radius 1 is 0.347 bits per heavy atom. The van der Waals surface area contributed by atoms with E-state index in [0.29, 0.717) is 0 Å². The highest BCUT2D eigenvalue weighted by molar-refractivity contribution is 6.19. The molecule has 0 saturated heterocycles. The van der Waals surface area contributed by atoms with Crippen molar-refractivity contribution in [2.24, 2.45) is 0 Å². The average Bonchev–Trinajstić information content (AvgIpc) is 3.74. The van der Waals surface area contributed by atoms with Crippen LogP contribution in [0.15, 0.2) is 185 Å². The molecule has 0 atom stereocenters. The first-order valence-electron chi connectivity index (χ1n) is 16.6. The first kappa shape index (κ1) is 27.5. The van der Waals surface area contributed by atoms with Crippen molar-refractivity contribution in [3.05, 3.63) is 176 Å². The van der Waals surface area contributed by atoms with Gasteiger partial charge in [0.15, 0.2) is 0 Å². The molecule has 49 heavy (non-hydrogen) atoms. The number of nitrogens with zero attached hydrogens (tertiary/aromatic N) is 1. The van der Waals surface area contributed by atoms with E-state index in [-0.39, 0.29) is 0 Å². The third-order valence-electron chi connectivity index (χ3n) is 9.66. The van der Waals surface area contributed by atoms with Gasteiger partial charge in [-0.3, -0.25) is 0 Å². The lowest BCUT2D eigenvalue weighted by atomic mass is 9.95. The SMILES string of the molecule is c1ccc(-c2cc3c4ccc(-c5ccc(N(c6ccccc6)c6cccc7oc8ccccc8c67)cc5)cc4oc3c3ccccc23)cc1. The van der Waals surface area contributed by atoms with Gasteiger partial charge in [-0.25, -0.2) is 0 Å². The van der Waals surface area contributed by atoms with E-state index < -0.39 is 0 Å². The molecule has 0 radical (unpaired) electrons. The lowest BCUT2D eigenvalue weighted by molar-refractivity contribution is 0.669. The Labute approximate surface area is 282 Å². The highest BCUT2D eigenvalue weighted by atomic mass is 16.3. The summed E-state index contributed by atoms with van der Waals surface area (Å²) >= 11 is 0. The van der Waals surface area contributed by atoms with Crippen molar-refractivity contribution in [1.82, 2.24) is 0 Å². The molecule has 0 unspecified atom stereocenters. The minimum absolute atomic E-state index is 0.874. The average molecular weight is 628 g/mol. The highest BCUT2D eigenvalue weighted by Crippen LogP contribution is 2.44. The van der Waals surface area contributed by atoms with Crippen molar-refractivity contribution in [2.75, 3.05) is 4.90 Å². The van der Waals surface area contributed by atoms with Crippen LogP contribution >= 0.6 is 0 Å². The minimum atomic E-state index is 0.874. The van der Waals surface area contributed by atoms with Gasteiger partial charge >= 0.3 is 0 Å². The summed E-state index contributed by atoms with van der Waals surface area (Å²) in [7, 11) is 0. The first-order chi connectivity index (χ1) is 24.3. The number of anilines is 3. The number of furan rings is 2. The molecule has 0 aliphatic rings. The lowest BCUT2D eigenvalue weighted by Crippen LogP contribution is -2.10. The van der Waals surface area contributed by atoms with Crippen molar-refractivity contribution in [3.8, 4) is 22.3 Å². The Balaban J connectivity index is 1.09. The van der Waals surface area contributed by atoms with E-state index in [4.69, 9.17) is 8.83 Å². The summed E-state index contributed by atoms with van der Waals surface area (Å²) in [6.45, 7) is 0. The standard InChI is InChI=1S/C46H29NO2/c1-3-12-31(13-4-1)39-29-40-36-27-24-32(28-44(36)49-46(40)37-17-8-7-16-35(37)39)30-22-25-34(26-23-30)47(33-14-5-2-6-15-33)41-19-11-21-43-45(41)38-18-9-10-20-42(38)48-43/h1-29H. The van der Waals surface area contributed by atoms with Gasteiger partial charge in [-0.2, -0.15) is 0 Å². The fourth-order valence-corrected chi connectivity index (χ4v) is 7.38. The van der Waals surface area contributed by atoms with Gasteiger partial charge in [-0.1, -0.05) is 115 Å². The number of hydrogen-bond donors (Lipinski definition) is 0. The lowest BCUT2D eigenvalue weighted by Gasteiger charge is -2.26. The molecule has 8 aromatic carbocycles. The molecule has 0 bridgehead atoms. The van der Waals surface area contributed by atoms with Gasteiger partial charge in [0.2, 0.25) is 0 Å². The van der Waals surface area contributed by atoms with E-state index in [1.165, 1.54) is 16.5 Å². The van der Waals surface area contributed by atoms with Crippen molar-refractivity contribution >= 4 is 71.7 Å². The van der Waals surface area contributed by atoms with Gasteiger partial charge in [0.25, 0.3) is 0 Å². The molecule has 0 aliphatic heterocycles. The molecule has 0 amide bonds. The van der Waals surface area contributed by atoms with Crippen LogP contribution in [-0.2, 0) is 0 Å². The van der Waals surface area contributed by atoms with Crippen molar-refractivity contribution < 1.29 is 8.83 Å². The first-order valence-corrected chi connectivity index (χ1v) is 16.6. The van der Waals surface area contributed by atoms with Crippen molar-refractivity contribution in [2.45, 2.75) is 0 Å². The molecule has 0 saturated carbocycles. The van der Waals surface area contributed by atoms with Crippen LogP contribution in [-0.4, -0.2) is 0 Å². The van der Waals surface area contributed by atoms with Crippen LogP contribution in [0.25, 0.3) is 76.9 Å². The van der Waals surface area contributed by atoms with Crippen LogP contribution in [0.1, 0.15) is 0 Å². The molecule has 3 nitrogen and oxygen atoms in total. The van der Waals surface area contributed by atoms with Crippen molar-refractivity contribution in [1.29, 1.82) is 0 Å². The predicted molar refractivity (Wildman–Crippen MR) is 204 cm³/mol. The third-order valence-corrected chi connectivity index (χ3v) is 9.66. The number of para-hydroxylation sites is 2. The quantitative estimate of drug-likeness (QED) is 0.190. The van der Waals surface area contributed by atoms with E-state index in [9.17, 15) is 0 Å². The topological polar surface area (TPSA) is 29.5 Å². The molecule has 10 aromatic rings. The molecule has 3 heteroatoms. The predicted octanol–water partition coefficient (Wildman–Crippen LogP) is 13.4. The van der Waals surface area contributed by atoms with E-state index >= 15 is 0 Å². The number of hydrogen-bond acceptors (Lipinski definition) is 3. The van der Waals surface area contributed by atoms with Crippen molar-refractivity contribution in [3.63, 3.8) is 0 Å². The maximum Gasteiger partial charge on any atom is 0.143 e. The van der Waals surface area contributed by atoms with Crippen LogP contribution in [0, 0.1) is 0 Å². The summed E-state index contributed by atoms with van der Waals surface area (Å²) in [6.07, 6.45) is 0. The number of benzene rings is 8. The van der Waals surface area contributed by atoms with Gasteiger partial charge in [0.05, 0.1) is 11.1 Å². The zero-order valence-corrected chi connectivity index (χ0v) is 26.5. The number of fused-ring (bicyclic) bond motifs is 8. The maximum atomic E-state index is 6.65. The van der Waals surface area contributed by atoms with Crippen LogP contribution in [0.5, 0.6) is 0 Å². The van der Waals surface area contributed by atoms with Gasteiger partial charge < -0.3 is 13.7 Å². The molecule has 2 aromatic heterocycles. The smallest absolute Gasteiger partial charge is 0.143 e. The van der Waals surface area contributed by atoms with Gasteiger partial charge in [-0.05, 0) is 88.3 Å². The molecule has 0 spiro atoms. The van der Waals surface area contributed by atoms with Crippen LogP contribution in [0.3, 0.4) is 0 Å². The second-order valence-electron chi connectivity index (χ2n) is 12.5. The summed E-state index contributed by atoms with van der Waals surface area (Å²) in [5.74, 6) is 0. The Morgan fingerprint density at radius 3 is 1.82 bits per heavy atom. The highest BCUT2D eigenvalue weighted by Gasteiger charge is 2.20. The van der Waals surface area contributed by atoms with E-state index in [1.807, 2.05) is 18.2 Å². The summed E-state index contributed by atoms with van der Waals surface area (Å²) in [4.78, 5) is 2.31. The zero-order valence-electron chi connectivity index (χ0n) is 26.5. The summed E-state index contributed by atoms with van der Waals surface area (Å²) < 4.78 is 12.9. The monoisotopic (exact) mass is 627 g/mol. The zero-order chi connectivity index (χ0) is 32.3. The Bertz CT molecular complexity index is 2810. The minimum Gasteiger partial charge on any atom is -0.456 e. The van der Waals surface area contributed by atoms with E-state index in [2.05, 4.69) is 163 Å². The molecule has 0 N–H and O–H groups in total. The normalized spacial score (nSPS) is 11.7. The molecule has 2 heterocycles. The van der Waals surface area contributed by atoms with E-state index in [1.54, 1.807) is 0 Å². The molecular weight excluding hydrogens is 599 g/mol. The largest absolute Gasteiger partial charge is 0.456 e. The fraction of sp³-hybridized carbons (Fsp3) is 0. The van der Waals surface area contributed by atoms with Gasteiger partial charge in [0.1, 0.15) is 22.3 Å². The van der Waals surface area contributed by atoms with Crippen LogP contribution in [0.2, 0.25) is 0 Å². The summed E-state index contributed by atoms with van der Waals surface area (Å²) in [6, 6.07) is 61.9. The molecule has 10 rings (SSSR count). The second-order valence-corrected chi connectivity index (χ2v) is 12.5. The van der Waals surface area contributed by atoms with E-state index in [0.717, 1.165) is 77.5 Å². The summed E-state index contributed by atoms with van der Waals surface area (Å²) in [5, 5.41) is 6.78. The number of rotatable bonds is 5. The summed E-state index contributed by atoms with van der Waals surface area (Å²) in [5.41, 5.74) is 11.5. The molecular formula is C46H29NO2. The maximum absolute atomic E-state index is 6.65. The molecule has 230 valence electrons. The van der Waals surface area contributed by atoms with Gasteiger partial charge in [-0.15, -0.1) is 0 Å². The molecule has 0 aliphatic carbocycles. The fourth-order valence-electron chi connectivity index (χ4n) is 7.38.